The molecular formula is C7H10Br2N2O2. The van der Waals surface area contributed by atoms with Gasteiger partial charge < -0.3 is 5.11 Å². The standard InChI is InChI=1S/C7H10Br2N2O2/c1-2-7(9)3-5(8)11(10-7)4-6(12)13/h3,10H,2,4H2,1H3,(H,12,13). The third-order valence-electron chi connectivity index (χ3n) is 1.73. The quantitative estimate of drug-likeness (QED) is 0.614. The normalized spacial score (nSPS) is 27.6. The molecule has 2 N–H and O–H groups in total. The molecule has 1 aliphatic rings. The van der Waals surface area contributed by atoms with Crippen LogP contribution < -0.4 is 5.43 Å². The summed E-state index contributed by atoms with van der Waals surface area (Å²) < 4.78 is 0.426. The van der Waals surface area contributed by atoms with Crippen molar-refractivity contribution in [2.75, 3.05) is 6.54 Å². The van der Waals surface area contributed by atoms with Gasteiger partial charge in [-0.1, -0.05) is 22.9 Å². The molecule has 0 fully saturated rings. The van der Waals surface area contributed by atoms with Crippen molar-refractivity contribution in [2.45, 2.75) is 17.8 Å². The first-order valence-corrected chi connectivity index (χ1v) is 5.40. The highest BCUT2D eigenvalue weighted by Gasteiger charge is 2.32. The summed E-state index contributed by atoms with van der Waals surface area (Å²) in [7, 11) is 0. The number of alkyl halides is 1. The molecule has 0 aliphatic carbocycles. The van der Waals surface area contributed by atoms with Gasteiger partial charge in [-0.2, -0.15) is 0 Å². The van der Waals surface area contributed by atoms with Crippen molar-refractivity contribution in [1.29, 1.82) is 0 Å². The average Bonchev–Trinajstić information content (AvgIpc) is 2.27. The third kappa shape index (κ3) is 2.69. The number of hydrogen-bond donors (Lipinski definition) is 2. The molecule has 1 heterocycles. The number of aliphatic carboxylic acids is 1. The fourth-order valence-corrected chi connectivity index (χ4v) is 2.35. The van der Waals surface area contributed by atoms with Crippen molar-refractivity contribution in [3.05, 3.63) is 10.7 Å². The van der Waals surface area contributed by atoms with Crippen molar-refractivity contribution in [3.63, 3.8) is 0 Å². The number of halogens is 2. The van der Waals surface area contributed by atoms with E-state index in [-0.39, 0.29) is 11.0 Å². The van der Waals surface area contributed by atoms with Gasteiger partial charge in [-0.05, 0) is 28.4 Å². The molecule has 0 saturated carbocycles. The fraction of sp³-hybridized carbons (Fsp3) is 0.571. The molecule has 4 nitrogen and oxygen atoms in total. The van der Waals surface area contributed by atoms with Crippen LogP contribution in [0.15, 0.2) is 10.7 Å². The zero-order valence-corrected chi connectivity index (χ0v) is 10.2. The van der Waals surface area contributed by atoms with Crippen molar-refractivity contribution < 1.29 is 9.90 Å². The highest BCUT2D eigenvalue weighted by atomic mass is 79.9. The molecule has 0 aromatic rings. The monoisotopic (exact) mass is 312 g/mol. The van der Waals surface area contributed by atoms with Crippen LogP contribution in [0.4, 0.5) is 0 Å². The maximum absolute atomic E-state index is 10.5. The Hall–Kier alpha value is -0.0700. The molecule has 0 radical (unpaired) electrons. The second kappa shape index (κ2) is 3.98. The number of nitrogens with zero attached hydrogens (tertiary/aromatic N) is 1. The Morgan fingerprint density at radius 1 is 1.85 bits per heavy atom. The van der Waals surface area contributed by atoms with Crippen molar-refractivity contribution >= 4 is 37.8 Å². The van der Waals surface area contributed by atoms with Crippen molar-refractivity contribution in [2.24, 2.45) is 0 Å². The second-order valence-corrected chi connectivity index (χ2v) is 5.00. The summed E-state index contributed by atoms with van der Waals surface area (Å²) in [5.41, 5.74) is 3.03. The first-order valence-electron chi connectivity index (χ1n) is 3.81. The van der Waals surface area contributed by atoms with Gasteiger partial charge in [-0.25, -0.2) is 5.43 Å². The number of hydrazine groups is 1. The molecule has 0 amide bonds. The Labute approximate surface area is 93.2 Å². The Bertz CT molecular complexity index is 257. The molecule has 0 aromatic carbocycles. The number of rotatable bonds is 3. The minimum atomic E-state index is -0.870. The minimum Gasteiger partial charge on any atom is -0.480 e. The molecular weight excluding hydrogens is 304 g/mol. The Kier molecular flexibility index (Phi) is 3.37. The summed E-state index contributed by atoms with van der Waals surface area (Å²) in [4.78, 5) is 10.5. The number of carbonyl (C=O) groups is 1. The van der Waals surface area contributed by atoms with E-state index >= 15 is 0 Å². The van der Waals surface area contributed by atoms with Crippen LogP contribution in [0.5, 0.6) is 0 Å². The van der Waals surface area contributed by atoms with Crippen LogP contribution in [0.2, 0.25) is 0 Å². The van der Waals surface area contributed by atoms with Gasteiger partial charge >= 0.3 is 5.97 Å². The number of carboxylic acids is 1. The summed E-state index contributed by atoms with van der Waals surface area (Å²) in [6.07, 6.45) is 2.73. The van der Waals surface area contributed by atoms with E-state index in [1.54, 1.807) is 5.01 Å². The predicted molar refractivity (Wildman–Crippen MR) is 56.4 cm³/mol. The fourth-order valence-electron chi connectivity index (χ4n) is 1.01. The minimum absolute atomic E-state index is 0.0650. The van der Waals surface area contributed by atoms with E-state index in [2.05, 4.69) is 37.3 Å². The highest BCUT2D eigenvalue weighted by molar-refractivity contribution is 9.12. The van der Waals surface area contributed by atoms with Crippen LogP contribution in [-0.4, -0.2) is 27.1 Å². The van der Waals surface area contributed by atoms with Crippen LogP contribution in [-0.2, 0) is 4.79 Å². The summed E-state index contributed by atoms with van der Waals surface area (Å²) >= 11 is 6.74. The summed E-state index contributed by atoms with van der Waals surface area (Å²) in [6, 6.07) is 0. The number of hydrogen-bond acceptors (Lipinski definition) is 3. The predicted octanol–water partition coefficient (Wildman–Crippen LogP) is 1.63. The van der Waals surface area contributed by atoms with Crippen LogP contribution >= 0.6 is 31.9 Å². The van der Waals surface area contributed by atoms with Crippen LogP contribution in [0.1, 0.15) is 13.3 Å². The molecule has 13 heavy (non-hydrogen) atoms. The van der Waals surface area contributed by atoms with E-state index in [9.17, 15) is 4.79 Å². The van der Waals surface area contributed by atoms with Gasteiger partial charge in [0.25, 0.3) is 0 Å². The van der Waals surface area contributed by atoms with Gasteiger partial charge in [-0.15, -0.1) is 0 Å². The molecule has 1 aliphatic heterocycles. The zero-order valence-electron chi connectivity index (χ0n) is 7.05. The summed E-state index contributed by atoms with van der Waals surface area (Å²) in [5, 5.41) is 10.1. The van der Waals surface area contributed by atoms with Crippen molar-refractivity contribution in [3.8, 4) is 0 Å². The number of carboxylic acid groups (broad SMARTS) is 1. The lowest BCUT2D eigenvalue weighted by Crippen LogP contribution is -2.44. The van der Waals surface area contributed by atoms with E-state index in [1.165, 1.54) is 0 Å². The second-order valence-electron chi connectivity index (χ2n) is 2.77. The average molecular weight is 314 g/mol. The largest absolute Gasteiger partial charge is 0.480 e. The molecule has 74 valence electrons. The first kappa shape index (κ1) is 11.0. The zero-order chi connectivity index (χ0) is 10.1. The van der Waals surface area contributed by atoms with Gasteiger partial charge in [0.05, 0.1) is 4.61 Å². The van der Waals surface area contributed by atoms with Gasteiger partial charge in [0.2, 0.25) is 0 Å². The Morgan fingerprint density at radius 2 is 2.46 bits per heavy atom. The number of nitrogens with one attached hydrogen (secondary N) is 1. The van der Waals surface area contributed by atoms with Crippen LogP contribution in [0.3, 0.4) is 0 Å². The maximum atomic E-state index is 10.5. The van der Waals surface area contributed by atoms with Crippen LogP contribution in [0, 0.1) is 0 Å². The lowest BCUT2D eigenvalue weighted by molar-refractivity contribution is -0.138. The topological polar surface area (TPSA) is 52.6 Å². The molecule has 0 aromatic heterocycles. The first-order chi connectivity index (χ1) is 5.97. The van der Waals surface area contributed by atoms with E-state index in [0.717, 1.165) is 11.0 Å². The third-order valence-corrected chi connectivity index (χ3v) is 3.36. The lowest BCUT2D eigenvalue weighted by Gasteiger charge is -2.24. The molecule has 0 spiro atoms. The van der Waals surface area contributed by atoms with E-state index in [4.69, 9.17) is 5.11 Å². The Balaban J connectivity index is 2.66. The Morgan fingerprint density at radius 3 is 2.85 bits per heavy atom. The molecule has 1 unspecified atom stereocenters. The molecule has 0 saturated heterocycles. The molecule has 6 heteroatoms. The van der Waals surface area contributed by atoms with Gasteiger partial charge in [-0.3, -0.25) is 9.80 Å². The van der Waals surface area contributed by atoms with Crippen molar-refractivity contribution in [1.82, 2.24) is 10.4 Å². The maximum Gasteiger partial charge on any atom is 0.324 e. The van der Waals surface area contributed by atoms with E-state index in [1.807, 2.05) is 13.0 Å². The van der Waals surface area contributed by atoms with Gasteiger partial charge in [0.1, 0.15) is 11.0 Å². The smallest absolute Gasteiger partial charge is 0.324 e. The van der Waals surface area contributed by atoms with E-state index < -0.39 is 5.97 Å². The molecule has 1 rings (SSSR count). The van der Waals surface area contributed by atoms with Gasteiger partial charge in [0, 0.05) is 0 Å². The molecule has 1 atom stereocenters. The molecule has 0 bridgehead atoms. The van der Waals surface area contributed by atoms with Gasteiger partial charge in [0.15, 0.2) is 0 Å². The SMILES string of the molecule is CCC1(Br)C=C(Br)N(CC(=O)O)N1. The highest BCUT2D eigenvalue weighted by Crippen LogP contribution is 2.31. The summed E-state index contributed by atoms with van der Waals surface area (Å²) in [5.74, 6) is -0.870. The lowest BCUT2D eigenvalue weighted by atomic mass is 10.2. The van der Waals surface area contributed by atoms with Crippen LogP contribution in [0.25, 0.3) is 0 Å². The summed E-state index contributed by atoms with van der Waals surface area (Å²) in [6.45, 7) is 1.94. The van der Waals surface area contributed by atoms with E-state index in [0.29, 0.717) is 0 Å².